The molecule has 2 aromatic rings. The van der Waals surface area contributed by atoms with E-state index in [1.807, 2.05) is 25.1 Å². The summed E-state index contributed by atoms with van der Waals surface area (Å²) < 4.78 is 13.7. The standard InChI is InChI=1S/C19H25FN4/c1-15-14-18(24-12-6-2-3-7-13-24)23-19(22-15)21-11-10-16-8-4-5-9-17(16)20/h4-5,8-9,14H,2-3,6-7,10-13H2,1H3,(H,21,22,23). The first-order valence-corrected chi connectivity index (χ1v) is 8.80. The van der Waals surface area contributed by atoms with Crippen molar-refractivity contribution < 1.29 is 4.39 Å². The lowest BCUT2D eigenvalue weighted by Crippen LogP contribution is -2.25. The van der Waals surface area contributed by atoms with Crippen molar-refractivity contribution in [3.05, 3.63) is 47.4 Å². The Morgan fingerprint density at radius 3 is 2.58 bits per heavy atom. The first-order chi connectivity index (χ1) is 11.7. The quantitative estimate of drug-likeness (QED) is 0.902. The molecule has 1 fully saturated rings. The van der Waals surface area contributed by atoms with Crippen molar-refractivity contribution in [2.75, 3.05) is 29.9 Å². The lowest BCUT2D eigenvalue weighted by Gasteiger charge is -2.22. The maximum absolute atomic E-state index is 13.7. The average Bonchev–Trinajstić information content (AvgIpc) is 2.85. The van der Waals surface area contributed by atoms with E-state index in [4.69, 9.17) is 0 Å². The highest BCUT2D eigenvalue weighted by atomic mass is 19.1. The van der Waals surface area contributed by atoms with Crippen LogP contribution < -0.4 is 10.2 Å². The molecule has 0 spiro atoms. The maximum atomic E-state index is 13.7. The van der Waals surface area contributed by atoms with Crippen LogP contribution in [0.15, 0.2) is 30.3 Å². The predicted octanol–water partition coefficient (Wildman–Crippen LogP) is 3.96. The second-order valence-electron chi connectivity index (χ2n) is 6.36. The SMILES string of the molecule is Cc1cc(N2CCCCCC2)nc(NCCc2ccccc2F)n1. The number of halogens is 1. The number of aromatic nitrogens is 2. The molecule has 128 valence electrons. The fourth-order valence-corrected chi connectivity index (χ4v) is 3.10. The van der Waals surface area contributed by atoms with Crippen molar-refractivity contribution in [1.29, 1.82) is 0 Å². The lowest BCUT2D eigenvalue weighted by molar-refractivity contribution is 0.610. The number of benzene rings is 1. The van der Waals surface area contributed by atoms with Crippen LogP contribution in [0.25, 0.3) is 0 Å². The third-order valence-corrected chi connectivity index (χ3v) is 4.41. The van der Waals surface area contributed by atoms with Crippen molar-refractivity contribution in [3.8, 4) is 0 Å². The molecule has 4 nitrogen and oxygen atoms in total. The number of hydrogen-bond acceptors (Lipinski definition) is 4. The Morgan fingerprint density at radius 2 is 1.83 bits per heavy atom. The van der Waals surface area contributed by atoms with Gasteiger partial charge in [0.1, 0.15) is 11.6 Å². The molecular formula is C19H25FN4. The molecule has 0 aliphatic carbocycles. The van der Waals surface area contributed by atoms with Crippen molar-refractivity contribution in [1.82, 2.24) is 9.97 Å². The third kappa shape index (κ3) is 4.43. The van der Waals surface area contributed by atoms with Gasteiger partial charge in [-0.1, -0.05) is 31.0 Å². The molecule has 0 unspecified atom stereocenters. The van der Waals surface area contributed by atoms with Gasteiger partial charge in [-0.05, 0) is 37.8 Å². The first-order valence-electron chi connectivity index (χ1n) is 8.80. The molecule has 24 heavy (non-hydrogen) atoms. The number of rotatable bonds is 5. The molecule has 0 bridgehead atoms. The average molecular weight is 328 g/mol. The minimum absolute atomic E-state index is 0.158. The molecule has 2 heterocycles. The van der Waals surface area contributed by atoms with Crippen molar-refractivity contribution in [3.63, 3.8) is 0 Å². The smallest absolute Gasteiger partial charge is 0.224 e. The van der Waals surface area contributed by atoms with E-state index in [9.17, 15) is 4.39 Å². The van der Waals surface area contributed by atoms with Crippen molar-refractivity contribution >= 4 is 11.8 Å². The Hall–Kier alpha value is -2.17. The molecule has 1 aromatic carbocycles. The summed E-state index contributed by atoms with van der Waals surface area (Å²) in [5.74, 6) is 1.47. The van der Waals surface area contributed by atoms with Crippen LogP contribution in [0.3, 0.4) is 0 Å². The highest BCUT2D eigenvalue weighted by Gasteiger charge is 2.13. The van der Waals surface area contributed by atoms with Crippen LogP contribution in [0, 0.1) is 12.7 Å². The van der Waals surface area contributed by atoms with E-state index in [1.54, 1.807) is 6.07 Å². The number of hydrogen-bond donors (Lipinski definition) is 1. The maximum Gasteiger partial charge on any atom is 0.224 e. The molecule has 5 heteroatoms. The summed E-state index contributed by atoms with van der Waals surface area (Å²) in [6.07, 6.45) is 5.66. The highest BCUT2D eigenvalue weighted by molar-refractivity contribution is 5.45. The van der Waals surface area contributed by atoms with Crippen LogP contribution in [-0.2, 0) is 6.42 Å². The fraction of sp³-hybridized carbons (Fsp3) is 0.474. The van der Waals surface area contributed by atoms with Crippen molar-refractivity contribution in [2.45, 2.75) is 39.0 Å². The van der Waals surface area contributed by atoms with E-state index in [0.29, 0.717) is 24.5 Å². The van der Waals surface area contributed by atoms with Crippen LogP contribution in [0.5, 0.6) is 0 Å². The normalized spacial score (nSPS) is 15.2. The van der Waals surface area contributed by atoms with E-state index in [-0.39, 0.29) is 5.82 Å². The second-order valence-corrected chi connectivity index (χ2v) is 6.36. The van der Waals surface area contributed by atoms with E-state index in [1.165, 1.54) is 31.7 Å². The molecule has 1 N–H and O–H groups in total. The van der Waals surface area contributed by atoms with Gasteiger partial charge in [-0.3, -0.25) is 0 Å². The largest absolute Gasteiger partial charge is 0.356 e. The van der Waals surface area contributed by atoms with Gasteiger partial charge in [0.15, 0.2) is 0 Å². The van der Waals surface area contributed by atoms with Gasteiger partial charge >= 0.3 is 0 Å². The number of nitrogens with one attached hydrogen (secondary N) is 1. The van der Waals surface area contributed by atoms with Gasteiger partial charge in [0.2, 0.25) is 5.95 Å². The second kappa shape index (κ2) is 8.08. The minimum Gasteiger partial charge on any atom is -0.356 e. The number of anilines is 2. The Bertz CT molecular complexity index is 666. The molecule has 0 amide bonds. The molecule has 1 aliphatic rings. The van der Waals surface area contributed by atoms with Gasteiger partial charge in [0.25, 0.3) is 0 Å². The summed E-state index contributed by atoms with van der Waals surface area (Å²) in [4.78, 5) is 11.5. The summed E-state index contributed by atoms with van der Waals surface area (Å²) in [7, 11) is 0. The van der Waals surface area contributed by atoms with Crippen LogP contribution in [0.1, 0.15) is 36.9 Å². The Labute approximate surface area is 143 Å². The van der Waals surface area contributed by atoms with Gasteiger partial charge in [0, 0.05) is 31.4 Å². The summed E-state index contributed by atoms with van der Waals surface area (Å²) in [6, 6.07) is 8.93. The monoisotopic (exact) mass is 328 g/mol. The van der Waals surface area contributed by atoms with Crippen LogP contribution in [0.2, 0.25) is 0 Å². The van der Waals surface area contributed by atoms with Crippen LogP contribution in [-0.4, -0.2) is 29.6 Å². The number of nitrogens with zero attached hydrogens (tertiary/aromatic N) is 3. The van der Waals surface area contributed by atoms with E-state index in [0.717, 1.165) is 24.6 Å². The molecular weight excluding hydrogens is 303 g/mol. The Balaban J connectivity index is 1.64. The van der Waals surface area contributed by atoms with E-state index in [2.05, 4.69) is 20.2 Å². The molecule has 3 rings (SSSR count). The molecule has 0 atom stereocenters. The third-order valence-electron chi connectivity index (χ3n) is 4.41. The summed E-state index contributed by atoms with van der Waals surface area (Å²) >= 11 is 0. The summed E-state index contributed by atoms with van der Waals surface area (Å²) in [5, 5.41) is 3.24. The summed E-state index contributed by atoms with van der Waals surface area (Å²) in [5.41, 5.74) is 1.67. The lowest BCUT2D eigenvalue weighted by atomic mass is 10.1. The topological polar surface area (TPSA) is 41.1 Å². The zero-order valence-electron chi connectivity index (χ0n) is 14.3. The Morgan fingerprint density at radius 1 is 1.08 bits per heavy atom. The molecule has 0 radical (unpaired) electrons. The van der Waals surface area contributed by atoms with E-state index >= 15 is 0 Å². The van der Waals surface area contributed by atoms with Gasteiger partial charge in [-0.25, -0.2) is 9.37 Å². The summed E-state index contributed by atoms with van der Waals surface area (Å²) in [6.45, 7) is 4.73. The number of aryl methyl sites for hydroxylation is 1. The van der Waals surface area contributed by atoms with Crippen LogP contribution in [0.4, 0.5) is 16.2 Å². The molecule has 1 saturated heterocycles. The Kier molecular flexibility index (Phi) is 5.62. The first kappa shape index (κ1) is 16.7. The molecule has 0 saturated carbocycles. The van der Waals surface area contributed by atoms with Gasteiger partial charge in [-0.15, -0.1) is 0 Å². The fourth-order valence-electron chi connectivity index (χ4n) is 3.10. The van der Waals surface area contributed by atoms with Crippen LogP contribution >= 0.6 is 0 Å². The molecule has 1 aromatic heterocycles. The van der Waals surface area contributed by atoms with Gasteiger partial charge < -0.3 is 10.2 Å². The zero-order valence-corrected chi connectivity index (χ0v) is 14.3. The zero-order chi connectivity index (χ0) is 16.8. The minimum atomic E-state index is -0.158. The van der Waals surface area contributed by atoms with Crippen molar-refractivity contribution in [2.24, 2.45) is 0 Å². The van der Waals surface area contributed by atoms with Gasteiger partial charge in [-0.2, -0.15) is 4.98 Å². The predicted molar refractivity (Wildman–Crippen MR) is 96.0 cm³/mol. The van der Waals surface area contributed by atoms with E-state index < -0.39 is 0 Å². The van der Waals surface area contributed by atoms with Gasteiger partial charge in [0.05, 0.1) is 0 Å². The molecule has 1 aliphatic heterocycles. The highest BCUT2D eigenvalue weighted by Crippen LogP contribution is 2.19.